The average molecular weight is 287 g/mol. The van der Waals surface area contributed by atoms with Crippen LogP contribution in [0.25, 0.3) is 0 Å². The first-order valence-corrected chi connectivity index (χ1v) is 6.01. The fourth-order valence-corrected chi connectivity index (χ4v) is 1.61. The molecule has 0 unspecified atom stereocenters. The number of pyridine rings is 1. The maximum absolute atomic E-state index is 11.9. The number of methoxy groups -OCH3 is 1. The van der Waals surface area contributed by atoms with Crippen LogP contribution in [0.5, 0.6) is 11.5 Å². The number of nitrogens with zero attached hydrogens (tertiary/aromatic N) is 1. The van der Waals surface area contributed by atoms with Crippen molar-refractivity contribution >= 4 is 11.8 Å². The Kier molecular flexibility index (Phi) is 4.35. The highest BCUT2D eigenvalue weighted by Gasteiger charge is 2.15. The van der Waals surface area contributed by atoms with Gasteiger partial charge < -0.3 is 9.84 Å². The van der Waals surface area contributed by atoms with E-state index in [-0.39, 0.29) is 22.8 Å². The Labute approximate surface area is 120 Å². The monoisotopic (exact) mass is 287 g/mol. The molecule has 7 heteroatoms. The third kappa shape index (κ3) is 3.27. The van der Waals surface area contributed by atoms with Gasteiger partial charge in [-0.05, 0) is 24.3 Å². The van der Waals surface area contributed by atoms with Crippen LogP contribution in [0, 0.1) is 0 Å². The molecule has 0 saturated heterocycles. The van der Waals surface area contributed by atoms with Gasteiger partial charge in [-0.1, -0.05) is 12.1 Å². The number of para-hydroxylation sites is 1. The topological polar surface area (TPSA) is 101 Å². The molecule has 0 bridgehead atoms. The maximum atomic E-state index is 11.9. The average Bonchev–Trinajstić information content (AvgIpc) is 2.53. The van der Waals surface area contributed by atoms with Crippen molar-refractivity contribution < 1.29 is 19.4 Å². The first-order valence-electron chi connectivity index (χ1n) is 6.01. The summed E-state index contributed by atoms with van der Waals surface area (Å²) in [5.74, 6) is -1.37. The smallest absolute Gasteiger partial charge is 0.288 e. The van der Waals surface area contributed by atoms with Gasteiger partial charge in [0.15, 0.2) is 11.5 Å². The van der Waals surface area contributed by atoms with E-state index in [0.29, 0.717) is 0 Å². The molecule has 0 spiro atoms. The van der Waals surface area contributed by atoms with E-state index in [1.165, 1.54) is 31.5 Å². The number of phenols is 1. The molecule has 21 heavy (non-hydrogen) atoms. The lowest BCUT2D eigenvalue weighted by Crippen LogP contribution is -2.41. The van der Waals surface area contributed by atoms with Crippen molar-refractivity contribution in [1.82, 2.24) is 15.8 Å². The molecular formula is C14H13N3O4. The first kappa shape index (κ1) is 14.3. The quantitative estimate of drug-likeness (QED) is 0.727. The number of rotatable bonds is 3. The van der Waals surface area contributed by atoms with Crippen LogP contribution in [-0.2, 0) is 0 Å². The SMILES string of the molecule is COc1cccc(C(=O)NNC(=O)c2ccccn2)c1O. The molecule has 0 fully saturated rings. The lowest BCUT2D eigenvalue weighted by Gasteiger charge is -2.10. The number of hydrazine groups is 1. The van der Waals surface area contributed by atoms with Crippen LogP contribution in [-0.4, -0.2) is 29.0 Å². The molecule has 2 rings (SSSR count). The van der Waals surface area contributed by atoms with Crippen LogP contribution >= 0.6 is 0 Å². The molecular weight excluding hydrogens is 274 g/mol. The summed E-state index contributed by atoms with van der Waals surface area (Å²) in [6.07, 6.45) is 1.46. The number of aromatic nitrogens is 1. The van der Waals surface area contributed by atoms with Crippen molar-refractivity contribution in [3.8, 4) is 11.5 Å². The van der Waals surface area contributed by atoms with Crippen molar-refractivity contribution in [3.05, 3.63) is 53.9 Å². The van der Waals surface area contributed by atoms with E-state index in [9.17, 15) is 14.7 Å². The van der Waals surface area contributed by atoms with Crippen LogP contribution in [0.1, 0.15) is 20.8 Å². The fourth-order valence-electron chi connectivity index (χ4n) is 1.61. The number of hydrogen-bond acceptors (Lipinski definition) is 5. The number of hydrogen-bond donors (Lipinski definition) is 3. The molecule has 108 valence electrons. The molecule has 1 aromatic heterocycles. The van der Waals surface area contributed by atoms with Crippen LogP contribution in [0.3, 0.4) is 0 Å². The Balaban J connectivity index is 2.04. The van der Waals surface area contributed by atoms with Crippen molar-refractivity contribution in [2.24, 2.45) is 0 Å². The number of carbonyl (C=O) groups is 2. The molecule has 0 aliphatic heterocycles. The van der Waals surface area contributed by atoms with Gasteiger partial charge in [-0.15, -0.1) is 0 Å². The summed E-state index contributed by atoms with van der Waals surface area (Å²) < 4.78 is 4.90. The van der Waals surface area contributed by atoms with Gasteiger partial charge in [0.1, 0.15) is 5.69 Å². The van der Waals surface area contributed by atoms with E-state index in [2.05, 4.69) is 15.8 Å². The number of nitrogens with one attached hydrogen (secondary N) is 2. The van der Waals surface area contributed by atoms with Gasteiger partial charge in [0.2, 0.25) is 0 Å². The highest BCUT2D eigenvalue weighted by molar-refractivity contribution is 6.00. The zero-order chi connectivity index (χ0) is 15.2. The number of phenolic OH excluding ortho intramolecular Hbond substituents is 1. The van der Waals surface area contributed by atoms with Crippen LogP contribution in [0.15, 0.2) is 42.6 Å². The minimum absolute atomic E-state index is 0.0179. The Hall–Kier alpha value is -3.09. The van der Waals surface area contributed by atoms with E-state index >= 15 is 0 Å². The molecule has 0 radical (unpaired) electrons. The number of benzene rings is 1. The third-order valence-corrected chi connectivity index (χ3v) is 2.65. The molecule has 2 aromatic rings. The highest BCUT2D eigenvalue weighted by Crippen LogP contribution is 2.28. The zero-order valence-corrected chi connectivity index (χ0v) is 11.2. The van der Waals surface area contributed by atoms with Gasteiger partial charge in [0.25, 0.3) is 11.8 Å². The molecule has 3 N–H and O–H groups in total. The number of ether oxygens (including phenoxy) is 1. The van der Waals surface area contributed by atoms with Gasteiger partial charge in [-0.3, -0.25) is 25.4 Å². The molecule has 0 atom stereocenters. The Morgan fingerprint density at radius 3 is 2.52 bits per heavy atom. The Morgan fingerprint density at radius 2 is 1.86 bits per heavy atom. The summed E-state index contributed by atoms with van der Waals surface area (Å²) in [4.78, 5) is 27.5. The second kappa shape index (κ2) is 6.38. The largest absolute Gasteiger partial charge is 0.504 e. The number of aromatic hydroxyl groups is 1. The summed E-state index contributed by atoms with van der Waals surface area (Å²) >= 11 is 0. The van der Waals surface area contributed by atoms with Gasteiger partial charge in [0.05, 0.1) is 12.7 Å². The second-order valence-corrected chi connectivity index (χ2v) is 3.98. The summed E-state index contributed by atoms with van der Waals surface area (Å²) in [7, 11) is 1.37. The van der Waals surface area contributed by atoms with Crippen molar-refractivity contribution in [3.63, 3.8) is 0 Å². The molecule has 1 aromatic carbocycles. The summed E-state index contributed by atoms with van der Waals surface area (Å²) in [6, 6.07) is 9.29. The molecule has 2 amide bonds. The van der Waals surface area contributed by atoms with E-state index in [1.54, 1.807) is 18.2 Å². The lowest BCUT2D eigenvalue weighted by molar-refractivity contribution is 0.0842. The third-order valence-electron chi connectivity index (χ3n) is 2.65. The number of amides is 2. The van der Waals surface area contributed by atoms with Gasteiger partial charge in [0, 0.05) is 6.20 Å². The van der Waals surface area contributed by atoms with Gasteiger partial charge in [-0.2, -0.15) is 0 Å². The normalized spacial score (nSPS) is 9.76. The van der Waals surface area contributed by atoms with E-state index in [4.69, 9.17) is 4.74 Å². The summed E-state index contributed by atoms with van der Waals surface area (Å²) in [5, 5.41) is 9.83. The fraction of sp³-hybridized carbons (Fsp3) is 0.0714. The molecule has 0 saturated carbocycles. The van der Waals surface area contributed by atoms with Crippen molar-refractivity contribution in [2.45, 2.75) is 0 Å². The Bertz CT molecular complexity index is 659. The predicted octanol–water partition coefficient (Wildman–Crippen LogP) is 0.871. The zero-order valence-electron chi connectivity index (χ0n) is 11.2. The van der Waals surface area contributed by atoms with Crippen LogP contribution in [0.2, 0.25) is 0 Å². The molecule has 0 aliphatic rings. The van der Waals surface area contributed by atoms with E-state index in [1.807, 2.05) is 0 Å². The molecule has 0 aliphatic carbocycles. The highest BCUT2D eigenvalue weighted by atomic mass is 16.5. The standard InChI is InChI=1S/C14H13N3O4/c1-21-11-7-4-5-9(12(11)18)13(19)16-17-14(20)10-6-2-3-8-15-10/h2-8,18H,1H3,(H,16,19)(H,17,20). The summed E-state index contributed by atoms with van der Waals surface area (Å²) in [5.41, 5.74) is 4.55. The number of carbonyl (C=O) groups excluding carboxylic acids is 2. The Morgan fingerprint density at radius 1 is 1.10 bits per heavy atom. The van der Waals surface area contributed by atoms with Gasteiger partial charge >= 0.3 is 0 Å². The van der Waals surface area contributed by atoms with Crippen molar-refractivity contribution in [2.75, 3.05) is 7.11 Å². The second-order valence-electron chi connectivity index (χ2n) is 3.98. The van der Waals surface area contributed by atoms with E-state index in [0.717, 1.165) is 0 Å². The predicted molar refractivity (Wildman–Crippen MR) is 73.8 cm³/mol. The summed E-state index contributed by atoms with van der Waals surface area (Å²) in [6.45, 7) is 0. The molecule has 7 nitrogen and oxygen atoms in total. The first-order chi connectivity index (χ1) is 10.1. The minimum atomic E-state index is -0.671. The lowest BCUT2D eigenvalue weighted by atomic mass is 10.2. The van der Waals surface area contributed by atoms with E-state index < -0.39 is 11.8 Å². The van der Waals surface area contributed by atoms with Crippen LogP contribution in [0.4, 0.5) is 0 Å². The minimum Gasteiger partial charge on any atom is -0.504 e. The maximum Gasteiger partial charge on any atom is 0.288 e. The molecule has 1 heterocycles. The van der Waals surface area contributed by atoms with Gasteiger partial charge in [-0.25, -0.2) is 0 Å². The van der Waals surface area contributed by atoms with Crippen LogP contribution < -0.4 is 15.6 Å². The van der Waals surface area contributed by atoms with Crippen molar-refractivity contribution in [1.29, 1.82) is 0 Å².